The molecule has 1 N–H and O–H groups in total. The molecule has 0 fully saturated rings. The van der Waals surface area contributed by atoms with E-state index in [1.165, 1.54) is 4.90 Å². The van der Waals surface area contributed by atoms with Gasteiger partial charge in [0.25, 0.3) is 5.91 Å². The average molecular weight is 465 g/mol. The van der Waals surface area contributed by atoms with Crippen molar-refractivity contribution >= 4 is 26.9 Å². The van der Waals surface area contributed by atoms with Crippen molar-refractivity contribution in [2.45, 2.75) is 27.2 Å². The maximum atomic E-state index is 12.7. The van der Waals surface area contributed by atoms with Gasteiger partial charge in [-0.2, -0.15) is 0 Å². The van der Waals surface area contributed by atoms with Crippen LogP contribution in [0.1, 0.15) is 34.2 Å². The molecular formula is C24H28N5O3P. The number of nitrogens with one attached hydrogen (secondary N) is 1. The minimum atomic E-state index is -0.522. The summed E-state index contributed by atoms with van der Waals surface area (Å²) in [6, 6.07) is 9.74. The van der Waals surface area contributed by atoms with Crippen LogP contribution in [-0.2, 0) is 11.2 Å². The van der Waals surface area contributed by atoms with Crippen LogP contribution in [0.15, 0.2) is 42.7 Å². The highest BCUT2D eigenvalue weighted by molar-refractivity contribution is 7.16. The summed E-state index contributed by atoms with van der Waals surface area (Å²) in [5, 5.41) is 2.61. The van der Waals surface area contributed by atoms with Gasteiger partial charge in [-0.25, -0.2) is 15.0 Å². The number of benzene rings is 1. The smallest absolute Gasteiger partial charge is 0.289 e. The topological polar surface area (TPSA) is 97.3 Å². The third-order valence-corrected chi connectivity index (χ3v) is 5.21. The second kappa shape index (κ2) is 11.0. The number of carbonyl (C=O) groups is 2. The molecular weight excluding hydrogens is 437 g/mol. The number of nitrogens with zero attached hydrogens (tertiary/aromatic N) is 4. The summed E-state index contributed by atoms with van der Waals surface area (Å²) in [6.45, 7) is 5.68. The second-order valence-corrected chi connectivity index (χ2v) is 7.90. The molecule has 3 rings (SSSR count). The molecule has 0 bridgehead atoms. The number of aromatic nitrogens is 3. The highest BCUT2D eigenvalue weighted by Gasteiger charge is 2.20. The summed E-state index contributed by atoms with van der Waals surface area (Å²) in [5.41, 5.74) is 4.60. The van der Waals surface area contributed by atoms with E-state index in [2.05, 4.69) is 29.5 Å². The zero-order chi connectivity index (χ0) is 24.0. The van der Waals surface area contributed by atoms with Gasteiger partial charge >= 0.3 is 0 Å². The lowest BCUT2D eigenvalue weighted by Crippen LogP contribution is -2.39. The number of hydrogen-bond acceptors (Lipinski definition) is 6. The van der Waals surface area contributed by atoms with Crippen LogP contribution in [0.2, 0.25) is 0 Å². The normalized spacial score (nSPS) is 10.6. The quantitative estimate of drug-likeness (QED) is 0.513. The molecule has 0 radical (unpaired) electrons. The molecule has 0 aliphatic rings. The van der Waals surface area contributed by atoms with Crippen molar-refractivity contribution in [1.29, 1.82) is 0 Å². The minimum Gasteiger partial charge on any atom is -0.486 e. The molecule has 1 unspecified atom stereocenters. The number of likely N-dealkylation sites (N-methyl/N-ethyl adjacent to an activating group) is 1. The third-order valence-electron chi connectivity index (χ3n) is 5.04. The number of amides is 2. The Labute approximate surface area is 196 Å². The SMILES string of the molecule is CCc1cnc(C(=O)NCC(=O)N(C)c2ncc(C)cc2OCP)nc1-c1cccc(C)c1. The molecule has 0 saturated carbocycles. The first-order chi connectivity index (χ1) is 15.8. The number of hydrogen-bond donors (Lipinski definition) is 1. The number of pyridine rings is 1. The first-order valence-electron chi connectivity index (χ1n) is 10.6. The number of anilines is 1. The van der Waals surface area contributed by atoms with E-state index in [4.69, 9.17) is 4.74 Å². The molecule has 1 aromatic carbocycles. The van der Waals surface area contributed by atoms with Crippen LogP contribution in [0.3, 0.4) is 0 Å². The van der Waals surface area contributed by atoms with Gasteiger partial charge in [0.1, 0.15) is 6.35 Å². The molecule has 3 aromatic rings. The first-order valence-corrected chi connectivity index (χ1v) is 11.4. The largest absolute Gasteiger partial charge is 0.486 e. The van der Waals surface area contributed by atoms with Crippen LogP contribution in [0.25, 0.3) is 11.3 Å². The Morgan fingerprint density at radius 2 is 1.91 bits per heavy atom. The molecule has 0 aliphatic carbocycles. The van der Waals surface area contributed by atoms with Gasteiger partial charge in [0.2, 0.25) is 11.7 Å². The van der Waals surface area contributed by atoms with Crippen LogP contribution < -0.4 is 15.0 Å². The van der Waals surface area contributed by atoms with E-state index >= 15 is 0 Å². The molecule has 9 heteroatoms. The van der Waals surface area contributed by atoms with Gasteiger partial charge in [-0.3, -0.25) is 14.5 Å². The van der Waals surface area contributed by atoms with E-state index in [9.17, 15) is 9.59 Å². The highest BCUT2D eigenvalue weighted by atomic mass is 31.0. The lowest BCUT2D eigenvalue weighted by Gasteiger charge is -2.19. The first kappa shape index (κ1) is 24.3. The summed E-state index contributed by atoms with van der Waals surface area (Å²) in [7, 11) is 4.05. The molecule has 0 aliphatic heterocycles. The summed E-state index contributed by atoms with van der Waals surface area (Å²) in [6.07, 6.45) is 4.42. The highest BCUT2D eigenvalue weighted by Crippen LogP contribution is 2.26. The average Bonchev–Trinajstić information content (AvgIpc) is 2.81. The molecule has 2 heterocycles. The van der Waals surface area contributed by atoms with Crippen molar-refractivity contribution in [3.05, 3.63) is 65.2 Å². The fourth-order valence-electron chi connectivity index (χ4n) is 3.27. The minimum absolute atomic E-state index is 0.0136. The zero-order valence-electron chi connectivity index (χ0n) is 19.3. The number of rotatable bonds is 8. The van der Waals surface area contributed by atoms with E-state index in [0.29, 0.717) is 23.6 Å². The van der Waals surface area contributed by atoms with Gasteiger partial charge in [-0.1, -0.05) is 39.9 Å². The van der Waals surface area contributed by atoms with Gasteiger partial charge in [-0.15, -0.1) is 0 Å². The van der Waals surface area contributed by atoms with Gasteiger partial charge in [0.15, 0.2) is 11.6 Å². The van der Waals surface area contributed by atoms with Crippen molar-refractivity contribution in [3.8, 4) is 17.0 Å². The Morgan fingerprint density at radius 1 is 1.12 bits per heavy atom. The van der Waals surface area contributed by atoms with Gasteiger partial charge < -0.3 is 10.1 Å². The molecule has 33 heavy (non-hydrogen) atoms. The summed E-state index contributed by atoms with van der Waals surface area (Å²) >= 11 is 0. The molecule has 172 valence electrons. The van der Waals surface area contributed by atoms with Crippen LogP contribution in [0.4, 0.5) is 5.82 Å². The lowest BCUT2D eigenvalue weighted by molar-refractivity contribution is -0.117. The third kappa shape index (κ3) is 5.90. The maximum Gasteiger partial charge on any atom is 0.289 e. The molecule has 8 nitrogen and oxygen atoms in total. The second-order valence-electron chi connectivity index (χ2n) is 7.57. The van der Waals surface area contributed by atoms with E-state index in [1.54, 1.807) is 19.4 Å². The van der Waals surface area contributed by atoms with Gasteiger partial charge in [-0.05, 0) is 43.5 Å². The number of aryl methyl sites for hydroxylation is 3. The maximum absolute atomic E-state index is 12.7. The predicted molar refractivity (Wildman–Crippen MR) is 132 cm³/mol. The van der Waals surface area contributed by atoms with Crippen LogP contribution in [0, 0.1) is 13.8 Å². The lowest BCUT2D eigenvalue weighted by atomic mass is 10.0. The molecule has 0 spiro atoms. The standard InChI is InChI=1S/C24H28N5O3P/c1-5-17-12-25-22(28-21(17)18-8-6-7-15(2)9-18)24(31)27-13-20(30)29(4)23-19(32-14-33)10-16(3)11-26-23/h6-12H,5,13-14,33H2,1-4H3,(H,27,31). The summed E-state index contributed by atoms with van der Waals surface area (Å²) in [5.74, 6) is 0.0182. The Hall–Kier alpha value is -3.38. The van der Waals surface area contributed by atoms with Crippen molar-refractivity contribution in [2.24, 2.45) is 0 Å². The molecule has 2 aromatic heterocycles. The van der Waals surface area contributed by atoms with E-state index < -0.39 is 5.91 Å². The Kier molecular flexibility index (Phi) is 8.06. The Balaban J connectivity index is 1.74. The van der Waals surface area contributed by atoms with Crippen molar-refractivity contribution in [2.75, 3.05) is 24.8 Å². The van der Waals surface area contributed by atoms with E-state index in [-0.39, 0.29) is 18.3 Å². The van der Waals surface area contributed by atoms with Gasteiger partial charge in [0.05, 0.1) is 12.2 Å². The van der Waals surface area contributed by atoms with Crippen LogP contribution >= 0.6 is 9.24 Å². The monoisotopic (exact) mass is 465 g/mol. The Bertz CT molecular complexity index is 1170. The van der Waals surface area contributed by atoms with Gasteiger partial charge in [0, 0.05) is 25.0 Å². The molecule has 0 saturated heterocycles. The fraction of sp³-hybridized carbons (Fsp3) is 0.292. The van der Waals surface area contributed by atoms with E-state index in [0.717, 1.165) is 28.7 Å². The molecule has 1 atom stereocenters. The fourth-order valence-corrected chi connectivity index (χ4v) is 3.45. The van der Waals surface area contributed by atoms with Crippen molar-refractivity contribution < 1.29 is 14.3 Å². The van der Waals surface area contributed by atoms with Crippen LogP contribution in [0.5, 0.6) is 5.75 Å². The number of ether oxygens (including phenoxy) is 1. The number of carbonyl (C=O) groups excluding carboxylic acids is 2. The van der Waals surface area contributed by atoms with E-state index in [1.807, 2.05) is 51.1 Å². The van der Waals surface area contributed by atoms with Crippen molar-refractivity contribution in [3.63, 3.8) is 0 Å². The van der Waals surface area contributed by atoms with Crippen LogP contribution in [-0.4, -0.2) is 46.7 Å². The predicted octanol–water partition coefficient (Wildman–Crippen LogP) is 3.32. The molecule has 2 amide bonds. The summed E-state index contributed by atoms with van der Waals surface area (Å²) < 4.78 is 5.57. The van der Waals surface area contributed by atoms with Crippen molar-refractivity contribution in [1.82, 2.24) is 20.3 Å². The Morgan fingerprint density at radius 3 is 2.61 bits per heavy atom. The summed E-state index contributed by atoms with van der Waals surface area (Å²) in [4.78, 5) is 39.8. The zero-order valence-corrected chi connectivity index (χ0v) is 20.4.